The largest absolute Gasteiger partial charge is 0.493 e. The van der Waals surface area contributed by atoms with E-state index in [1.54, 1.807) is 36.6 Å². The number of benzene rings is 2. The van der Waals surface area contributed by atoms with Crippen molar-refractivity contribution in [2.45, 2.75) is 19.4 Å². The fourth-order valence-corrected chi connectivity index (χ4v) is 4.68. The Balaban J connectivity index is 1.68. The number of carbonyl (C=O) groups excluding carboxylic acids is 1. The molecule has 2 heterocycles. The van der Waals surface area contributed by atoms with E-state index in [9.17, 15) is 9.90 Å². The van der Waals surface area contributed by atoms with E-state index >= 15 is 0 Å². The van der Waals surface area contributed by atoms with Crippen LogP contribution in [0.3, 0.4) is 0 Å². The lowest BCUT2D eigenvalue weighted by Gasteiger charge is -2.30. The van der Waals surface area contributed by atoms with E-state index in [0.717, 1.165) is 27.6 Å². The molecule has 0 fully saturated rings. The first kappa shape index (κ1) is 26.6. The normalized spacial score (nSPS) is 12.2. The molecule has 0 unspecified atom stereocenters. The van der Waals surface area contributed by atoms with Crippen molar-refractivity contribution in [2.75, 3.05) is 40.4 Å². The van der Waals surface area contributed by atoms with Crippen LogP contribution in [0.2, 0.25) is 5.02 Å². The molecular weight excluding hydrogens is 490 g/mol. The summed E-state index contributed by atoms with van der Waals surface area (Å²) >= 11 is 6.21. The van der Waals surface area contributed by atoms with Crippen molar-refractivity contribution in [1.82, 2.24) is 25.0 Å². The zero-order valence-electron chi connectivity index (χ0n) is 21.3. The van der Waals surface area contributed by atoms with Gasteiger partial charge in [0.1, 0.15) is 5.75 Å². The van der Waals surface area contributed by atoms with E-state index in [2.05, 4.69) is 15.2 Å². The molecule has 0 spiro atoms. The number of halogens is 1. The molecule has 0 saturated carbocycles. The first-order valence-corrected chi connectivity index (χ1v) is 12.7. The number of fused-ring (bicyclic) bond motifs is 1. The number of ether oxygens (including phenoxy) is 1. The number of rotatable bonds is 11. The maximum atomic E-state index is 13.8. The number of H-pyrrole nitrogens is 1. The first-order chi connectivity index (χ1) is 17.9. The summed E-state index contributed by atoms with van der Waals surface area (Å²) in [4.78, 5) is 22.0. The minimum Gasteiger partial charge on any atom is -0.493 e. The molecule has 2 aromatic carbocycles. The van der Waals surface area contributed by atoms with Crippen LogP contribution < -0.4 is 4.74 Å². The van der Waals surface area contributed by atoms with Gasteiger partial charge in [0.2, 0.25) is 0 Å². The summed E-state index contributed by atoms with van der Waals surface area (Å²) in [5.74, 6) is 0.491. The minimum atomic E-state index is -0.270. The molecule has 0 bridgehead atoms. The smallest absolute Gasteiger partial charge is 0.254 e. The van der Waals surface area contributed by atoms with Crippen LogP contribution in [0.5, 0.6) is 5.75 Å². The standard InChI is InChI=1S/C28H32ClN5O3/c1-4-37-26-15-20(8-9-23(26)19-6-5-7-22(29)14-19)28(36)34(3)25(10-11-33(2)12-13-35)24-18-30-16-21-17-31-32-27(21)24/h5-9,14-18,25,35H,4,10-13H2,1-3H3,(H,31,32)/t25-/m1/s1. The summed E-state index contributed by atoms with van der Waals surface area (Å²) in [6.07, 6.45) is 5.92. The third-order valence-electron chi connectivity index (χ3n) is 6.46. The van der Waals surface area contributed by atoms with Crippen LogP contribution in [-0.2, 0) is 0 Å². The van der Waals surface area contributed by atoms with Gasteiger partial charge in [0.25, 0.3) is 5.91 Å². The number of amides is 1. The predicted octanol–water partition coefficient (Wildman–Crippen LogP) is 4.80. The van der Waals surface area contributed by atoms with Gasteiger partial charge in [-0.05, 0) is 56.3 Å². The van der Waals surface area contributed by atoms with Crippen molar-refractivity contribution >= 4 is 28.4 Å². The number of aromatic amines is 1. The van der Waals surface area contributed by atoms with Gasteiger partial charge >= 0.3 is 0 Å². The molecule has 0 aliphatic carbocycles. The van der Waals surface area contributed by atoms with Crippen LogP contribution in [-0.4, -0.2) is 76.4 Å². The fraction of sp³-hybridized carbons (Fsp3) is 0.321. The third-order valence-corrected chi connectivity index (χ3v) is 6.70. The Morgan fingerprint density at radius 1 is 1.14 bits per heavy atom. The quantitative estimate of drug-likeness (QED) is 0.294. The highest BCUT2D eigenvalue weighted by molar-refractivity contribution is 6.30. The number of nitrogens with one attached hydrogen (secondary N) is 1. The summed E-state index contributed by atoms with van der Waals surface area (Å²) in [7, 11) is 3.76. The molecule has 1 atom stereocenters. The SMILES string of the molecule is CCOc1cc(C(=O)N(C)[C@H](CCN(C)CCO)c2cncc3cn[nH]c23)ccc1-c1cccc(Cl)c1. The second-order valence-corrected chi connectivity index (χ2v) is 9.40. The van der Waals surface area contributed by atoms with E-state index in [1.807, 2.05) is 55.3 Å². The topological polar surface area (TPSA) is 94.6 Å². The average Bonchev–Trinajstić information content (AvgIpc) is 3.38. The number of likely N-dealkylation sites (N-methyl/N-ethyl adjacent to an activating group) is 1. The van der Waals surface area contributed by atoms with Crippen molar-refractivity contribution in [1.29, 1.82) is 0 Å². The zero-order chi connectivity index (χ0) is 26.4. The van der Waals surface area contributed by atoms with Gasteiger partial charge in [0.15, 0.2) is 0 Å². The van der Waals surface area contributed by atoms with E-state index in [1.165, 1.54) is 0 Å². The Hall–Kier alpha value is -3.46. The summed E-state index contributed by atoms with van der Waals surface area (Å²) in [6.45, 7) is 3.70. The number of hydrogen-bond acceptors (Lipinski definition) is 6. The Morgan fingerprint density at radius 2 is 1.97 bits per heavy atom. The highest BCUT2D eigenvalue weighted by atomic mass is 35.5. The van der Waals surface area contributed by atoms with E-state index in [4.69, 9.17) is 16.3 Å². The number of aromatic nitrogens is 3. The number of carbonyl (C=O) groups is 1. The van der Waals surface area contributed by atoms with Crippen LogP contribution in [0.15, 0.2) is 61.1 Å². The van der Waals surface area contributed by atoms with E-state index < -0.39 is 0 Å². The maximum Gasteiger partial charge on any atom is 0.254 e. The Labute approximate surface area is 221 Å². The van der Waals surface area contributed by atoms with Crippen LogP contribution in [0.4, 0.5) is 0 Å². The Morgan fingerprint density at radius 3 is 2.73 bits per heavy atom. The van der Waals surface area contributed by atoms with Crippen molar-refractivity contribution in [3.63, 3.8) is 0 Å². The van der Waals surface area contributed by atoms with Gasteiger partial charge in [-0.25, -0.2) is 0 Å². The third kappa shape index (κ3) is 6.10. The summed E-state index contributed by atoms with van der Waals surface area (Å²) in [5.41, 5.74) is 4.07. The molecule has 2 N–H and O–H groups in total. The average molecular weight is 522 g/mol. The number of hydrogen-bond donors (Lipinski definition) is 2. The lowest BCUT2D eigenvalue weighted by molar-refractivity contribution is 0.0711. The summed E-state index contributed by atoms with van der Waals surface area (Å²) in [6, 6.07) is 12.8. The maximum absolute atomic E-state index is 13.8. The summed E-state index contributed by atoms with van der Waals surface area (Å²) in [5, 5.41) is 18.1. The molecule has 37 heavy (non-hydrogen) atoms. The second kappa shape index (κ2) is 12.2. The molecule has 1 amide bonds. The fourth-order valence-electron chi connectivity index (χ4n) is 4.49. The predicted molar refractivity (Wildman–Crippen MR) is 146 cm³/mol. The van der Waals surface area contributed by atoms with Gasteiger partial charge in [0.05, 0.1) is 31.0 Å². The molecule has 0 radical (unpaired) electrons. The van der Waals surface area contributed by atoms with E-state index in [0.29, 0.717) is 42.5 Å². The van der Waals surface area contributed by atoms with Gasteiger partial charge in [-0.3, -0.25) is 14.9 Å². The van der Waals surface area contributed by atoms with Gasteiger partial charge < -0.3 is 19.6 Å². The number of aliphatic hydroxyl groups is 1. The van der Waals surface area contributed by atoms with Crippen molar-refractivity contribution in [3.05, 3.63) is 77.2 Å². The lowest BCUT2D eigenvalue weighted by Crippen LogP contribution is -2.34. The molecule has 0 aliphatic rings. The van der Waals surface area contributed by atoms with Crippen LogP contribution in [0.25, 0.3) is 22.0 Å². The molecule has 9 heteroatoms. The molecule has 0 aliphatic heterocycles. The van der Waals surface area contributed by atoms with Crippen LogP contribution >= 0.6 is 11.6 Å². The van der Waals surface area contributed by atoms with Crippen LogP contribution in [0.1, 0.15) is 35.3 Å². The van der Waals surface area contributed by atoms with Gasteiger partial charge in [-0.2, -0.15) is 5.10 Å². The zero-order valence-corrected chi connectivity index (χ0v) is 22.1. The monoisotopic (exact) mass is 521 g/mol. The lowest BCUT2D eigenvalue weighted by atomic mass is 9.99. The first-order valence-electron chi connectivity index (χ1n) is 12.3. The number of nitrogens with zero attached hydrogens (tertiary/aromatic N) is 4. The van der Waals surface area contributed by atoms with Crippen molar-refractivity contribution < 1.29 is 14.6 Å². The second-order valence-electron chi connectivity index (χ2n) is 8.96. The molecule has 194 valence electrons. The molecular formula is C28H32ClN5O3. The van der Waals surface area contributed by atoms with Gasteiger partial charge in [-0.1, -0.05) is 23.7 Å². The van der Waals surface area contributed by atoms with Crippen molar-refractivity contribution in [3.8, 4) is 16.9 Å². The molecule has 0 saturated heterocycles. The van der Waals surface area contributed by atoms with E-state index in [-0.39, 0.29) is 18.6 Å². The van der Waals surface area contributed by atoms with Gasteiger partial charge in [-0.15, -0.1) is 0 Å². The number of pyridine rings is 1. The molecule has 8 nitrogen and oxygen atoms in total. The van der Waals surface area contributed by atoms with Crippen LogP contribution in [0, 0.1) is 0 Å². The highest BCUT2D eigenvalue weighted by Crippen LogP contribution is 2.34. The van der Waals surface area contributed by atoms with Crippen molar-refractivity contribution in [2.24, 2.45) is 0 Å². The minimum absolute atomic E-state index is 0.0762. The number of aliphatic hydroxyl groups excluding tert-OH is 1. The molecule has 2 aromatic heterocycles. The highest BCUT2D eigenvalue weighted by Gasteiger charge is 2.26. The Bertz CT molecular complexity index is 1360. The molecule has 4 aromatic rings. The Kier molecular flexibility index (Phi) is 8.76. The molecule has 4 rings (SSSR count). The summed E-state index contributed by atoms with van der Waals surface area (Å²) < 4.78 is 5.93. The van der Waals surface area contributed by atoms with Gasteiger partial charge in [0, 0.05) is 59.6 Å².